The van der Waals surface area contributed by atoms with E-state index < -0.39 is 11.1 Å². The fraction of sp³-hybridized carbons (Fsp3) is 0.545. The van der Waals surface area contributed by atoms with Crippen molar-refractivity contribution in [3.63, 3.8) is 0 Å². The molecule has 2 unspecified atom stereocenters. The van der Waals surface area contributed by atoms with Crippen LogP contribution in [0.25, 0.3) is 0 Å². The molecular formula is C22H34N6O. The van der Waals surface area contributed by atoms with E-state index in [1.54, 1.807) is 0 Å². The van der Waals surface area contributed by atoms with Crippen LogP contribution in [0.15, 0.2) is 52.3 Å². The van der Waals surface area contributed by atoms with E-state index in [1.807, 2.05) is 0 Å². The summed E-state index contributed by atoms with van der Waals surface area (Å²) in [5, 5.41) is 22.7. The standard InChI is InChI=1S/C22H34N6O/c1-5-23-17-9-13-21(14-10-17,25-7-3)19-27-28-20(29-19)22(26-8-4)15-11-18(12-16-22)24-6-2/h9-13,15,23-26H,5-8,14,16H2,1-4H3. The first kappa shape index (κ1) is 21.3. The van der Waals surface area contributed by atoms with E-state index in [0.29, 0.717) is 11.8 Å². The molecule has 2 aliphatic rings. The van der Waals surface area contributed by atoms with Crippen molar-refractivity contribution in [2.75, 3.05) is 26.2 Å². The molecule has 3 rings (SSSR count). The van der Waals surface area contributed by atoms with Gasteiger partial charge in [0.2, 0.25) is 11.8 Å². The summed E-state index contributed by atoms with van der Waals surface area (Å²) in [4.78, 5) is 0. The maximum absolute atomic E-state index is 6.32. The van der Waals surface area contributed by atoms with Crippen LogP contribution in [0.4, 0.5) is 0 Å². The van der Waals surface area contributed by atoms with Crippen LogP contribution in [0.5, 0.6) is 0 Å². The monoisotopic (exact) mass is 398 g/mol. The van der Waals surface area contributed by atoms with Crippen LogP contribution in [-0.4, -0.2) is 36.4 Å². The van der Waals surface area contributed by atoms with E-state index in [-0.39, 0.29) is 0 Å². The van der Waals surface area contributed by atoms with E-state index >= 15 is 0 Å². The lowest BCUT2D eigenvalue weighted by molar-refractivity contribution is 0.270. The maximum atomic E-state index is 6.32. The highest BCUT2D eigenvalue weighted by Crippen LogP contribution is 2.35. The van der Waals surface area contributed by atoms with Crippen LogP contribution < -0.4 is 21.3 Å². The van der Waals surface area contributed by atoms with Gasteiger partial charge < -0.3 is 25.7 Å². The first-order chi connectivity index (χ1) is 14.1. The molecule has 29 heavy (non-hydrogen) atoms. The van der Waals surface area contributed by atoms with E-state index in [2.05, 4.69) is 95.6 Å². The minimum absolute atomic E-state index is 0.477. The van der Waals surface area contributed by atoms with Gasteiger partial charge in [-0.3, -0.25) is 0 Å². The fourth-order valence-electron chi connectivity index (χ4n) is 3.89. The molecule has 0 spiro atoms. The Morgan fingerprint density at radius 1 is 0.759 bits per heavy atom. The zero-order valence-electron chi connectivity index (χ0n) is 18.0. The molecule has 2 aliphatic carbocycles. The Kier molecular flexibility index (Phi) is 6.92. The minimum atomic E-state index is -0.477. The van der Waals surface area contributed by atoms with Crippen molar-refractivity contribution in [1.82, 2.24) is 31.5 Å². The summed E-state index contributed by atoms with van der Waals surface area (Å²) >= 11 is 0. The number of allylic oxidation sites excluding steroid dienone is 2. The second kappa shape index (κ2) is 9.41. The highest BCUT2D eigenvalue weighted by molar-refractivity contribution is 5.33. The van der Waals surface area contributed by atoms with Crippen LogP contribution in [0.2, 0.25) is 0 Å². The van der Waals surface area contributed by atoms with Crippen molar-refractivity contribution in [3.05, 3.63) is 59.6 Å². The summed E-state index contributed by atoms with van der Waals surface area (Å²) in [7, 11) is 0. The van der Waals surface area contributed by atoms with Gasteiger partial charge in [0.05, 0.1) is 0 Å². The zero-order valence-corrected chi connectivity index (χ0v) is 18.0. The van der Waals surface area contributed by atoms with Gasteiger partial charge in [0.25, 0.3) is 0 Å². The van der Waals surface area contributed by atoms with Gasteiger partial charge in [-0.2, -0.15) is 0 Å². The van der Waals surface area contributed by atoms with Crippen molar-refractivity contribution in [2.24, 2.45) is 0 Å². The molecule has 1 aromatic rings. The summed E-state index contributed by atoms with van der Waals surface area (Å²) in [5.74, 6) is 1.20. The molecule has 7 heteroatoms. The Morgan fingerprint density at radius 3 is 1.52 bits per heavy atom. The molecule has 158 valence electrons. The number of rotatable bonds is 10. The molecular weight excluding hydrogens is 364 g/mol. The third kappa shape index (κ3) is 4.46. The van der Waals surface area contributed by atoms with Gasteiger partial charge >= 0.3 is 0 Å². The SMILES string of the molecule is CCNC1=CCC(NCC)(c2nnc(C3(NCC)C=CC(NCC)=CC3)o2)C=C1. The molecule has 0 aromatic carbocycles. The Morgan fingerprint density at radius 2 is 1.21 bits per heavy atom. The Labute approximate surface area is 173 Å². The van der Waals surface area contributed by atoms with Gasteiger partial charge in [0.15, 0.2) is 0 Å². The van der Waals surface area contributed by atoms with Gasteiger partial charge in [-0.15, -0.1) is 10.2 Å². The predicted octanol–water partition coefficient (Wildman–Crippen LogP) is 2.59. The predicted molar refractivity (Wildman–Crippen MR) is 116 cm³/mol. The molecule has 0 fully saturated rings. The highest BCUT2D eigenvalue weighted by Gasteiger charge is 2.40. The smallest absolute Gasteiger partial charge is 0.240 e. The van der Waals surface area contributed by atoms with Crippen molar-refractivity contribution in [3.8, 4) is 0 Å². The second-order valence-corrected chi connectivity index (χ2v) is 7.37. The molecule has 7 nitrogen and oxygen atoms in total. The number of hydrogen-bond donors (Lipinski definition) is 4. The molecule has 1 aromatic heterocycles. The highest BCUT2D eigenvalue weighted by atomic mass is 16.4. The van der Waals surface area contributed by atoms with Gasteiger partial charge in [0, 0.05) is 24.5 Å². The summed E-state index contributed by atoms with van der Waals surface area (Å²) in [6, 6.07) is 0. The number of aromatic nitrogens is 2. The molecule has 0 aliphatic heterocycles. The molecule has 0 amide bonds. The molecule has 4 N–H and O–H groups in total. The third-order valence-electron chi connectivity index (χ3n) is 5.32. The number of hydrogen-bond acceptors (Lipinski definition) is 7. The quantitative estimate of drug-likeness (QED) is 0.482. The maximum Gasteiger partial charge on any atom is 0.240 e. The summed E-state index contributed by atoms with van der Waals surface area (Å²) in [6.07, 6.45) is 14.3. The first-order valence-corrected chi connectivity index (χ1v) is 10.7. The van der Waals surface area contributed by atoms with E-state index in [1.165, 1.54) is 0 Å². The Hall–Kier alpha value is -2.38. The lowest BCUT2D eigenvalue weighted by Gasteiger charge is -2.31. The largest absolute Gasteiger partial charge is 0.420 e. The van der Waals surface area contributed by atoms with Crippen molar-refractivity contribution in [1.29, 1.82) is 0 Å². The molecule has 0 radical (unpaired) electrons. The Balaban J connectivity index is 1.88. The Bertz CT molecular complexity index is 743. The average molecular weight is 399 g/mol. The summed E-state index contributed by atoms with van der Waals surface area (Å²) in [6.45, 7) is 11.8. The van der Waals surface area contributed by atoms with Crippen molar-refractivity contribution >= 4 is 0 Å². The van der Waals surface area contributed by atoms with Gasteiger partial charge in [-0.25, -0.2) is 0 Å². The third-order valence-corrected chi connectivity index (χ3v) is 5.32. The molecule has 0 bridgehead atoms. The first-order valence-electron chi connectivity index (χ1n) is 10.7. The normalized spacial score (nSPS) is 26.2. The number of nitrogens with one attached hydrogen (secondary N) is 4. The van der Waals surface area contributed by atoms with Crippen molar-refractivity contribution < 1.29 is 4.42 Å². The second-order valence-electron chi connectivity index (χ2n) is 7.37. The lowest BCUT2D eigenvalue weighted by Crippen LogP contribution is -2.43. The van der Waals surface area contributed by atoms with Crippen LogP contribution in [0.1, 0.15) is 52.3 Å². The minimum Gasteiger partial charge on any atom is -0.420 e. The lowest BCUT2D eigenvalue weighted by atomic mass is 9.89. The van der Waals surface area contributed by atoms with Crippen LogP contribution in [-0.2, 0) is 11.1 Å². The molecule has 1 heterocycles. The van der Waals surface area contributed by atoms with Crippen LogP contribution >= 0.6 is 0 Å². The number of nitrogens with zero attached hydrogens (tertiary/aromatic N) is 2. The van der Waals surface area contributed by atoms with Gasteiger partial charge in [-0.05, 0) is 51.9 Å². The van der Waals surface area contributed by atoms with Crippen LogP contribution in [0.3, 0.4) is 0 Å². The molecule has 0 saturated carbocycles. The van der Waals surface area contributed by atoms with E-state index in [9.17, 15) is 0 Å². The van der Waals surface area contributed by atoms with Gasteiger partial charge in [0.1, 0.15) is 11.1 Å². The van der Waals surface area contributed by atoms with Crippen molar-refractivity contribution in [2.45, 2.75) is 51.6 Å². The van der Waals surface area contributed by atoms with E-state index in [0.717, 1.165) is 50.4 Å². The molecule has 0 saturated heterocycles. The van der Waals surface area contributed by atoms with Crippen LogP contribution in [0, 0.1) is 0 Å². The number of likely N-dealkylation sites (N-methyl/N-ethyl adjacent to an activating group) is 4. The van der Waals surface area contributed by atoms with E-state index in [4.69, 9.17) is 4.42 Å². The molecule has 2 atom stereocenters. The summed E-state index contributed by atoms with van der Waals surface area (Å²) < 4.78 is 6.32. The summed E-state index contributed by atoms with van der Waals surface area (Å²) in [5.41, 5.74) is 1.30. The average Bonchev–Trinajstić information content (AvgIpc) is 3.24. The van der Waals surface area contributed by atoms with Gasteiger partial charge in [-0.1, -0.05) is 38.2 Å². The zero-order chi connectivity index (χ0) is 20.7. The fourth-order valence-corrected chi connectivity index (χ4v) is 3.89. The topological polar surface area (TPSA) is 87.0 Å².